The standard InChI is InChI=1S/C30H40ClN3O6/c1-2-19-8-3-4-12-26(19)40-27-22(10-5-11-23(27)31)30(39,13-7-14-33-29(37)38)21-9-6-15-34(18-21)28(36)20-16-24(32)25(35)17-20/h3-5,8,10-12,20-21,24-25,33,35,39H,2,6-7,9,13-18,32H2,1H3,(H,37,38). The minimum atomic E-state index is -1.45. The number of carboxylic acid groups (broad SMARTS) is 1. The van der Waals surface area contributed by atoms with Crippen molar-refractivity contribution in [1.82, 2.24) is 10.2 Å². The topological polar surface area (TPSA) is 145 Å². The number of para-hydroxylation sites is 2. The number of aryl methyl sites for hydroxylation is 1. The van der Waals surface area contributed by atoms with Gasteiger partial charge in [-0.2, -0.15) is 0 Å². The monoisotopic (exact) mass is 573 g/mol. The first-order valence-electron chi connectivity index (χ1n) is 14.1. The second-order valence-electron chi connectivity index (χ2n) is 11.0. The van der Waals surface area contributed by atoms with E-state index < -0.39 is 23.8 Å². The number of aliphatic hydroxyl groups excluding tert-OH is 1. The molecule has 9 nitrogen and oxygen atoms in total. The molecule has 2 aliphatic rings. The molecule has 1 heterocycles. The van der Waals surface area contributed by atoms with Crippen molar-refractivity contribution in [2.45, 2.75) is 69.6 Å². The van der Waals surface area contributed by atoms with E-state index in [1.165, 1.54) is 0 Å². The summed E-state index contributed by atoms with van der Waals surface area (Å²) in [6.45, 7) is 3.09. The summed E-state index contributed by atoms with van der Waals surface area (Å²) in [5, 5.41) is 34.4. The van der Waals surface area contributed by atoms with Gasteiger partial charge in [0.05, 0.1) is 16.7 Å². The second kappa shape index (κ2) is 13.2. The van der Waals surface area contributed by atoms with Crippen LogP contribution in [-0.2, 0) is 16.8 Å². The number of aliphatic hydroxyl groups is 2. The average Bonchev–Trinajstić information content (AvgIpc) is 3.29. The fourth-order valence-electron chi connectivity index (χ4n) is 6.15. The highest BCUT2D eigenvalue weighted by molar-refractivity contribution is 6.32. The Balaban J connectivity index is 1.66. The lowest BCUT2D eigenvalue weighted by molar-refractivity contribution is -0.141. The third-order valence-electron chi connectivity index (χ3n) is 8.34. The van der Waals surface area contributed by atoms with Crippen LogP contribution in [0.1, 0.15) is 56.6 Å². The Morgan fingerprint density at radius 3 is 2.67 bits per heavy atom. The number of hydrogen-bond donors (Lipinski definition) is 5. The maximum Gasteiger partial charge on any atom is 0.404 e. The van der Waals surface area contributed by atoms with E-state index in [0.29, 0.717) is 67.3 Å². The number of carbonyl (C=O) groups excluding carboxylic acids is 1. The van der Waals surface area contributed by atoms with Crippen molar-refractivity contribution in [3.63, 3.8) is 0 Å². The van der Waals surface area contributed by atoms with Gasteiger partial charge in [-0.3, -0.25) is 4.79 Å². The summed E-state index contributed by atoms with van der Waals surface area (Å²) >= 11 is 6.69. The number of amides is 2. The molecule has 218 valence electrons. The van der Waals surface area contributed by atoms with Crippen LogP contribution in [0.2, 0.25) is 5.02 Å². The van der Waals surface area contributed by atoms with Crippen molar-refractivity contribution < 1.29 is 29.6 Å². The molecule has 0 bridgehead atoms. The molecule has 10 heteroatoms. The number of piperidine rings is 1. The second-order valence-corrected chi connectivity index (χ2v) is 11.4. The van der Waals surface area contributed by atoms with Crippen LogP contribution in [0.4, 0.5) is 4.79 Å². The number of rotatable bonds is 10. The van der Waals surface area contributed by atoms with E-state index >= 15 is 0 Å². The summed E-state index contributed by atoms with van der Waals surface area (Å²) in [6, 6.07) is 12.5. The average molecular weight is 574 g/mol. The minimum absolute atomic E-state index is 0.0500. The zero-order valence-corrected chi connectivity index (χ0v) is 23.6. The quantitative estimate of drug-likeness (QED) is 0.267. The molecule has 2 aromatic rings. The van der Waals surface area contributed by atoms with Crippen molar-refractivity contribution in [1.29, 1.82) is 0 Å². The molecule has 5 unspecified atom stereocenters. The third kappa shape index (κ3) is 6.71. The van der Waals surface area contributed by atoms with Crippen molar-refractivity contribution in [2.24, 2.45) is 17.6 Å². The van der Waals surface area contributed by atoms with Gasteiger partial charge in [-0.1, -0.05) is 48.9 Å². The Labute approximate surface area is 240 Å². The Bertz CT molecular complexity index is 1190. The number of benzene rings is 2. The first-order chi connectivity index (χ1) is 19.1. The van der Waals surface area contributed by atoms with Crippen LogP contribution in [0.3, 0.4) is 0 Å². The Kier molecular flexibility index (Phi) is 9.94. The Morgan fingerprint density at radius 2 is 1.98 bits per heavy atom. The molecule has 5 atom stereocenters. The zero-order valence-electron chi connectivity index (χ0n) is 22.9. The van der Waals surface area contributed by atoms with E-state index in [-0.39, 0.29) is 30.7 Å². The van der Waals surface area contributed by atoms with Gasteiger partial charge >= 0.3 is 6.09 Å². The van der Waals surface area contributed by atoms with E-state index in [2.05, 4.69) is 5.32 Å². The molecule has 2 amide bonds. The fraction of sp³-hybridized carbons (Fsp3) is 0.533. The highest BCUT2D eigenvalue weighted by Crippen LogP contribution is 2.47. The predicted octanol–water partition coefficient (Wildman–Crippen LogP) is 4.27. The molecular formula is C30H40ClN3O6. The van der Waals surface area contributed by atoms with Crippen molar-refractivity contribution in [3.05, 3.63) is 58.6 Å². The van der Waals surface area contributed by atoms with E-state index in [0.717, 1.165) is 12.0 Å². The van der Waals surface area contributed by atoms with Gasteiger partial charge in [0.1, 0.15) is 5.75 Å². The molecule has 4 rings (SSSR count). The molecule has 0 radical (unpaired) electrons. The lowest BCUT2D eigenvalue weighted by Gasteiger charge is -2.44. The first-order valence-corrected chi connectivity index (χ1v) is 14.5. The highest BCUT2D eigenvalue weighted by atomic mass is 35.5. The number of likely N-dealkylation sites (tertiary alicyclic amines) is 1. The van der Waals surface area contributed by atoms with Gasteiger partial charge in [0.2, 0.25) is 5.91 Å². The highest BCUT2D eigenvalue weighted by Gasteiger charge is 2.45. The van der Waals surface area contributed by atoms with Gasteiger partial charge in [-0.25, -0.2) is 4.79 Å². The van der Waals surface area contributed by atoms with Crippen molar-refractivity contribution in [3.8, 4) is 11.5 Å². The summed E-state index contributed by atoms with van der Waals surface area (Å²) in [4.78, 5) is 26.3. The van der Waals surface area contributed by atoms with Crippen LogP contribution in [0.25, 0.3) is 0 Å². The summed E-state index contributed by atoms with van der Waals surface area (Å²) < 4.78 is 6.40. The molecular weight excluding hydrogens is 534 g/mol. The first kappa shape index (κ1) is 30.1. The van der Waals surface area contributed by atoms with Crippen LogP contribution < -0.4 is 15.8 Å². The number of nitrogens with one attached hydrogen (secondary N) is 1. The van der Waals surface area contributed by atoms with Gasteiger partial charge in [0.25, 0.3) is 0 Å². The lowest BCUT2D eigenvalue weighted by atomic mass is 9.73. The lowest BCUT2D eigenvalue weighted by Crippen LogP contribution is -2.49. The SMILES string of the molecule is CCc1ccccc1Oc1c(Cl)cccc1C(O)(CCCNC(=O)O)C1CCCN(C(=O)C2CC(N)C(O)C2)C1. The minimum Gasteiger partial charge on any atom is -0.465 e. The number of nitrogens with two attached hydrogens (primary N) is 1. The van der Waals surface area contributed by atoms with Gasteiger partial charge < -0.3 is 36.0 Å². The summed E-state index contributed by atoms with van der Waals surface area (Å²) in [5.74, 6) is 0.258. The molecule has 1 aliphatic heterocycles. The molecule has 1 saturated carbocycles. The van der Waals surface area contributed by atoms with Gasteiger partial charge in [-0.05, 0) is 62.6 Å². The van der Waals surface area contributed by atoms with Crippen molar-refractivity contribution >= 4 is 23.6 Å². The van der Waals surface area contributed by atoms with Gasteiger partial charge in [0, 0.05) is 43.1 Å². The van der Waals surface area contributed by atoms with Gasteiger partial charge in [-0.15, -0.1) is 0 Å². The largest absolute Gasteiger partial charge is 0.465 e. The molecule has 6 N–H and O–H groups in total. The fourth-order valence-corrected chi connectivity index (χ4v) is 6.36. The summed E-state index contributed by atoms with van der Waals surface area (Å²) in [7, 11) is 0. The van der Waals surface area contributed by atoms with Crippen LogP contribution >= 0.6 is 11.6 Å². The van der Waals surface area contributed by atoms with Crippen molar-refractivity contribution in [2.75, 3.05) is 19.6 Å². The molecule has 1 aliphatic carbocycles. The van der Waals surface area contributed by atoms with Crippen LogP contribution in [-0.4, -0.2) is 64.0 Å². The molecule has 0 spiro atoms. The maximum absolute atomic E-state index is 13.4. The van der Waals surface area contributed by atoms with Crippen LogP contribution in [0.5, 0.6) is 11.5 Å². The van der Waals surface area contributed by atoms with Crippen LogP contribution in [0, 0.1) is 11.8 Å². The summed E-state index contributed by atoms with van der Waals surface area (Å²) in [5.41, 5.74) is 6.03. The van der Waals surface area contributed by atoms with E-state index in [9.17, 15) is 19.8 Å². The molecule has 0 aromatic heterocycles. The number of halogens is 1. The molecule has 1 saturated heterocycles. The zero-order chi connectivity index (χ0) is 28.9. The number of nitrogens with zero attached hydrogens (tertiary/aromatic N) is 1. The Morgan fingerprint density at radius 1 is 1.20 bits per heavy atom. The third-order valence-corrected chi connectivity index (χ3v) is 8.64. The number of ether oxygens (including phenoxy) is 1. The molecule has 40 heavy (non-hydrogen) atoms. The number of hydrogen-bond acceptors (Lipinski definition) is 6. The smallest absolute Gasteiger partial charge is 0.404 e. The normalized spacial score (nSPS) is 24.4. The number of carbonyl (C=O) groups is 2. The summed E-state index contributed by atoms with van der Waals surface area (Å²) in [6.07, 6.45) is 1.68. The van der Waals surface area contributed by atoms with E-state index in [1.807, 2.05) is 31.2 Å². The molecule has 2 fully saturated rings. The maximum atomic E-state index is 13.4. The van der Waals surface area contributed by atoms with E-state index in [1.54, 1.807) is 23.1 Å². The Hall–Kier alpha value is -2.85. The predicted molar refractivity (Wildman–Crippen MR) is 153 cm³/mol. The van der Waals surface area contributed by atoms with Crippen LogP contribution in [0.15, 0.2) is 42.5 Å². The van der Waals surface area contributed by atoms with Gasteiger partial charge in [0.15, 0.2) is 5.75 Å². The van der Waals surface area contributed by atoms with E-state index in [4.69, 9.17) is 27.2 Å². The molecule has 2 aromatic carbocycles.